The number of fused-ring (bicyclic) bond motifs is 2. The van der Waals surface area contributed by atoms with E-state index in [1.807, 2.05) is 0 Å². The van der Waals surface area contributed by atoms with Crippen LogP contribution in [-0.2, 0) is 12.0 Å². The molecule has 0 saturated carbocycles. The molecule has 1 saturated heterocycles. The van der Waals surface area contributed by atoms with E-state index in [2.05, 4.69) is 48.2 Å². The van der Waals surface area contributed by atoms with E-state index in [1.54, 1.807) is 11.1 Å². The monoisotopic (exact) mass is 230 g/mol. The second-order valence-electron chi connectivity index (χ2n) is 5.66. The van der Waals surface area contributed by atoms with E-state index in [-0.39, 0.29) is 0 Å². The van der Waals surface area contributed by atoms with Crippen LogP contribution < -0.4 is 0 Å². The van der Waals surface area contributed by atoms with Crippen molar-refractivity contribution in [3.05, 3.63) is 35.4 Å². The van der Waals surface area contributed by atoms with Crippen LogP contribution in [0.15, 0.2) is 24.3 Å². The molecule has 2 nitrogen and oxygen atoms in total. The van der Waals surface area contributed by atoms with Gasteiger partial charge in [0.1, 0.15) is 0 Å². The van der Waals surface area contributed by atoms with Gasteiger partial charge in [-0.15, -0.1) is 0 Å². The number of piperidine rings is 1. The average Bonchev–Trinajstić information content (AvgIpc) is 2.37. The zero-order chi connectivity index (χ0) is 11.9. The second-order valence-corrected chi connectivity index (χ2v) is 5.66. The molecule has 0 radical (unpaired) electrons. The number of hydrogen-bond donors (Lipinski definition) is 0. The standard InChI is InChI=1S/C15H22N2/c1-16-11-8-15(9-12-16)14-6-4-3-5-13(14)7-10-17(15)2/h3-6H,7-12H2,1-2H3. The molecule has 0 bridgehead atoms. The van der Waals surface area contributed by atoms with Gasteiger partial charge in [-0.1, -0.05) is 24.3 Å². The lowest BCUT2D eigenvalue weighted by atomic mass is 9.74. The Kier molecular flexibility index (Phi) is 2.72. The molecule has 3 rings (SSSR count). The van der Waals surface area contributed by atoms with Crippen LogP contribution in [0.5, 0.6) is 0 Å². The third-order valence-corrected chi connectivity index (χ3v) is 4.78. The first-order chi connectivity index (χ1) is 8.22. The van der Waals surface area contributed by atoms with E-state index in [0.717, 1.165) is 0 Å². The summed E-state index contributed by atoms with van der Waals surface area (Å²) in [7, 11) is 4.54. The normalized spacial score (nSPS) is 24.8. The largest absolute Gasteiger partial charge is 0.306 e. The highest BCUT2D eigenvalue weighted by atomic mass is 15.2. The van der Waals surface area contributed by atoms with Gasteiger partial charge < -0.3 is 4.90 Å². The molecule has 0 unspecified atom stereocenters. The third kappa shape index (κ3) is 1.71. The third-order valence-electron chi connectivity index (χ3n) is 4.78. The lowest BCUT2D eigenvalue weighted by Gasteiger charge is -2.50. The van der Waals surface area contributed by atoms with Crippen molar-refractivity contribution < 1.29 is 0 Å². The summed E-state index contributed by atoms with van der Waals surface area (Å²) < 4.78 is 0. The van der Waals surface area contributed by atoms with Crippen LogP contribution in [-0.4, -0.2) is 43.5 Å². The summed E-state index contributed by atoms with van der Waals surface area (Å²) in [6.45, 7) is 3.65. The van der Waals surface area contributed by atoms with Crippen LogP contribution in [0, 0.1) is 0 Å². The minimum Gasteiger partial charge on any atom is -0.306 e. The van der Waals surface area contributed by atoms with Crippen molar-refractivity contribution in [2.45, 2.75) is 24.8 Å². The summed E-state index contributed by atoms with van der Waals surface area (Å²) in [4.78, 5) is 5.05. The van der Waals surface area contributed by atoms with Crippen molar-refractivity contribution in [1.29, 1.82) is 0 Å². The summed E-state index contributed by atoms with van der Waals surface area (Å²) in [6, 6.07) is 9.07. The van der Waals surface area contributed by atoms with Gasteiger partial charge in [-0.25, -0.2) is 0 Å². The van der Waals surface area contributed by atoms with Crippen LogP contribution in [0.2, 0.25) is 0 Å². The Morgan fingerprint density at radius 1 is 1.00 bits per heavy atom. The lowest BCUT2D eigenvalue weighted by Crippen LogP contribution is -2.54. The van der Waals surface area contributed by atoms with Gasteiger partial charge in [0.2, 0.25) is 0 Å². The van der Waals surface area contributed by atoms with E-state index < -0.39 is 0 Å². The summed E-state index contributed by atoms with van der Waals surface area (Å²) in [5, 5.41) is 0. The SMILES string of the molecule is CN1CCC2(CC1)c1ccccc1CCN2C. The van der Waals surface area contributed by atoms with Crippen molar-refractivity contribution in [3.8, 4) is 0 Å². The quantitative estimate of drug-likeness (QED) is 0.673. The molecule has 92 valence electrons. The van der Waals surface area contributed by atoms with Crippen LogP contribution in [0.3, 0.4) is 0 Å². The fourth-order valence-corrected chi connectivity index (χ4v) is 3.54. The van der Waals surface area contributed by atoms with Crippen molar-refractivity contribution in [3.63, 3.8) is 0 Å². The van der Waals surface area contributed by atoms with Gasteiger partial charge in [0.05, 0.1) is 0 Å². The molecule has 0 aromatic heterocycles. The molecular weight excluding hydrogens is 208 g/mol. The smallest absolute Gasteiger partial charge is 0.0484 e. The summed E-state index contributed by atoms with van der Waals surface area (Å²) in [6.07, 6.45) is 3.76. The van der Waals surface area contributed by atoms with Crippen molar-refractivity contribution in [2.24, 2.45) is 0 Å². The number of likely N-dealkylation sites (tertiary alicyclic amines) is 1. The molecule has 1 fully saturated rings. The maximum Gasteiger partial charge on any atom is 0.0484 e. The molecule has 2 heterocycles. The van der Waals surface area contributed by atoms with Gasteiger partial charge >= 0.3 is 0 Å². The Balaban J connectivity index is 2.03. The van der Waals surface area contributed by atoms with Gasteiger partial charge in [-0.3, -0.25) is 4.90 Å². The lowest BCUT2D eigenvalue weighted by molar-refractivity contribution is 0.0359. The molecule has 17 heavy (non-hydrogen) atoms. The minimum absolute atomic E-state index is 0.321. The highest BCUT2D eigenvalue weighted by molar-refractivity contribution is 5.37. The predicted molar refractivity (Wildman–Crippen MR) is 71.2 cm³/mol. The Morgan fingerprint density at radius 2 is 1.71 bits per heavy atom. The molecule has 2 heteroatoms. The summed E-state index contributed by atoms with van der Waals surface area (Å²) in [5.74, 6) is 0. The van der Waals surface area contributed by atoms with Crippen molar-refractivity contribution in [2.75, 3.05) is 33.7 Å². The number of likely N-dealkylation sites (N-methyl/N-ethyl adjacent to an activating group) is 1. The van der Waals surface area contributed by atoms with E-state index in [9.17, 15) is 0 Å². The van der Waals surface area contributed by atoms with Crippen LogP contribution in [0.25, 0.3) is 0 Å². The fraction of sp³-hybridized carbons (Fsp3) is 0.600. The van der Waals surface area contributed by atoms with E-state index in [4.69, 9.17) is 0 Å². The molecule has 1 aromatic carbocycles. The predicted octanol–water partition coefficient (Wildman–Crippen LogP) is 2.10. The van der Waals surface area contributed by atoms with Crippen LogP contribution in [0.1, 0.15) is 24.0 Å². The number of rotatable bonds is 0. The van der Waals surface area contributed by atoms with Gasteiger partial charge in [-0.2, -0.15) is 0 Å². The molecular formula is C15H22N2. The first-order valence-corrected chi connectivity index (χ1v) is 6.70. The molecule has 0 aliphatic carbocycles. The molecule has 2 aliphatic rings. The molecule has 1 spiro atoms. The van der Waals surface area contributed by atoms with Gasteiger partial charge in [0.15, 0.2) is 0 Å². The Hall–Kier alpha value is -0.860. The number of benzene rings is 1. The molecule has 0 atom stereocenters. The highest BCUT2D eigenvalue weighted by Gasteiger charge is 2.42. The van der Waals surface area contributed by atoms with Gasteiger partial charge in [0, 0.05) is 12.1 Å². The summed E-state index contributed by atoms with van der Waals surface area (Å²) >= 11 is 0. The zero-order valence-electron chi connectivity index (χ0n) is 10.9. The first-order valence-electron chi connectivity index (χ1n) is 6.70. The van der Waals surface area contributed by atoms with E-state index in [0.29, 0.717) is 5.54 Å². The second kappa shape index (κ2) is 4.11. The first kappa shape index (κ1) is 11.2. The van der Waals surface area contributed by atoms with Crippen molar-refractivity contribution in [1.82, 2.24) is 9.80 Å². The Labute approximate surface area is 104 Å². The van der Waals surface area contributed by atoms with Crippen LogP contribution >= 0.6 is 0 Å². The number of nitrogens with zero attached hydrogens (tertiary/aromatic N) is 2. The minimum atomic E-state index is 0.321. The maximum atomic E-state index is 2.60. The highest BCUT2D eigenvalue weighted by Crippen LogP contribution is 2.42. The number of hydrogen-bond acceptors (Lipinski definition) is 2. The maximum absolute atomic E-state index is 2.60. The Bertz CT molecular complexity index is 405. The van der Waals surface area contributed by atoms with Gasteiger partial charge in [-0.05, 0) is 57.6 Å². The van der Waals surface area contributed by atoms with Crippen molar-refractivity contribution >= 4 is 0 Å². The molecule has 2 aliphatic heterocycles. The van der Waals surface area contributed by atoms with E-state index >= 15 is 0 Å². The molecule has 0 N–H and O–H groups in total. The topological polar surface area (TPSA) is 6.48 Å². The summed E-state index contributed by atoms with van der Waals surface area (Å²) in [5.41, 5.74) is 3.50. The average molecular weight is 230 g/mol. The fourth-order valence-electron chi connectivity index (χ4n) is 3.54. The molecule has 0 amide bonds. The van der Waals surface area contributed by atoms with Crippen LogP contribution in [0.4, 0.5) is 0 Å². The Morgan fingerprint density at radius 3 is 2.47 bits per heavy atom. The zero-order valence-corrected chi connectivity index (χ0v) is 10.9. The van der Waals surface area contributed by atoms with E-state index in [1.165, 1.54) is 38.9 Å². The van der Waals surface area contributed by atoms with Gasteiger partial charge in [0.25, 0.3) is 0 Å². The molecule has 1 aromatic rings.